The molecule has 4 heteroatoms. The number of imidazole rings is 1. The third kappa shape index (κ3) is 3.37. The van der Waals surface area contributed by atoms with E-state index in [0.29, 0.717) is 0 Å². The monoisotopic (exact) mass is 262 g/mol. The number of aliphatic hydroxyl groups excluding tert-OH is 1. The van der Waals surface area contributed by atoms with Gasteiger partial charge in [0.2, 0.25) is 0 Å². The van der Waals surface area contributed by atoms with Crippen molar-refractivity contribution in [2.75, 3.05) is 0 Å². The Hall–Kier alpha value is -1.26. The van der Waals surface area contributed by atoms with Crippen molar-refractivity contribution in [3.05, 3.63) is 48.5 Å². The lowest BCUT2D eigenvalue weighted by atomic mass is 10.2. The third-order valence-electron chi connectivity index (χ3n) is 2.93. The van der Waals surface area contributed by atoms with Crippen LogP contribution in [0.1, 0.15) is 19.4 Å². The number of thioether (sulfide) groups is 1. The fourth-order valence-corrected chi connectivity index (χ4v) is 2.47. The Bertz CT molecular complexity index is 465. The van der Waals surface area contributed by atoms with Crippen LogP contribution < -0.4 is 0 Å². The van der Waals surface area contributed by atoms with Gasteiger partial charge >= 0.3 is 0 Å². The molecule has 2 unspecified atom stereocenters. The molecule has 0 bridgehead atoms. The third-order valence-corrected chi connectivity index (χ3v) is 4.35. The average molecular weight is 262 g/mol. The maximum atomic E-state index is 9.44. The van der Waals surface area contributed by atoms with Gasteiger partial charge in [0.05, 0.1) is 12.4 Å². The van der Waals surface area contributed by atoms with Crippen molar-refractivity contribution in [1.82, 2.24) is 9.55 Å². The molecule has 1 heterocycles. The molecule has 0 saturated heterocycles. The van der Waals surface area contributed by atoms with Crippen LogP contribution in [0.25, 0.3) is 5.69 Å². The topological polar surface area (TPSA) is 38.0 Å². The second-order valence-corrected chi connectivity index (χ2v) is 5.76. The van der Waals surface area contributed by atoms with Gasteiger partial charge in [-0.1, -0.05) is 19.1 Å². The van der Waals surface area contributed by atoms with Crippen LogP contribution in [0.4, 0.5) is 0 Å². The fraction of sp³-hybridized carbons (Fsp3) is 0.357. The predicted molar refractivity (Wildman–Crippen MR) is 76.0 cm³/mol. The smallest absolute Gasteiger partial charge is 0.0991 e. The highest BCUT2D eigenvalue weighted by Gasteiger charge is 2.08. The van der Waals surface area contributed by atoms with Gasteiger partial charge < -0.3 is 9.67 Å². The van der Waals surface area contributed by atoms with E-state index in [1.807, 2.05) is 17.7 Å². The summed E-state index contributed by atoms with van der Waals surface area (Å²) < 4.78 is 1.98. The summed E-state index contributed by atoms with van der Waals surface area (Å²) >= 11 is 1.77. The minimum atomic E-state index is -0.264. The minimum Gasteiger partial charge on any atom is -0.392 e. The number of hydrogen-bond donors (Lipinski definition) is 1. The molecule has 0 aliphatic carbocycles. The van der Waals surface area contributed by atoms with Crippen molar-refractivity contribution >= 4 is 11.8 Å². The molecule has 1 N–H and O–H groups in total. The van der Waals surface area contributed by atoms with Crippen molar-refractivity contribution in [2.45, 2.75) is 31.0 Å². The van der Waals surface area contributed by atoms with Gasteiger partial charge in [-0.2, -0.15) is 11.8 Å². The van der Waals surface area contributed by atoms with Gasteiger partial charge in [0, 0.05) is 29.1 Å². The van der Waals surface area contributed by atoms with Gasteiger partial charge in [-0.25, -0.2) is 4.98 Å². The number of aromatic nitrogens is 2. The van der Waals surface area contributed by atoms with Crippen LogP contribution in [0.2, 0.25) is 0 Å². The normalized spacial score (nSPS) is 14.4. The van der Waals surface area contributed by atoms with Crippen LogP contribution in [0.15, 0.2) is 43.0 Å². The van der Waals surface area contributed by atoms with E-state index in [1.54, 1.807) is 24.3 Å². The predicted octanol–water partition coefficient (Wildman–Crippen LogP) is 2.87. The first-order valence-electron chi connectivity index (χ1n) is 6.04. The fourth-order valence-electron chi connectivity index (χ4n) is 1.54. The lowest BCUT2D eigenvalue weighted by Gasteiger charge is -2.14. The average Bonchev–Trinajstić information content (AvgIpc) is 2.90. The van der Waals surface area contributed by atoms with Crippen molar-refractivity contribution in [1.29, 1.82) is 0 Å². The van der Waals surface area contributed by atoms with E-state index in [4.69, 9.17) is 0 Å². The Balaban J connectivity index is 1.96. The van der Waals surface area contributed by atoms with Crippen LogP contribution in [0.3, 0.4) is 0 Å². The zero-order valence-electron chi connectivity index (χ0n) is 10.7. The minimum absolute atomic E-state index is 0.262. The van der Waals surface area contributed by atoms with E-state index in [-0.39, 0.29) is 11.4 Å². The molecule has 0 saturated carbocycles. The molecule has 1 aromatic heterocycles. The van der Waals surface area contributed by atoms with Crippen molar-refractivity contribution in [2.24, 2.45) is 0 Å². The van der Waals surface area contributed by atoms with E-state index < -0.39 is 0 Å². The maximum Gasteiger partial charge on any atom is 0.0991 e. The largest absolute Gasteiger partial charge is 0.392 e. The molecular weight excluding hydrogens is 244 g/mol. The standard InChI is InChI=1S/C14H18N2OS/c1-11(17)12(2)18-9-13-3-5-14(6-4-13)16-8-7-15-10-16/h3-8,10-12,17H,9H2,1-2H3. The second-order valence-electron chi connectivity index (χ2n) is 4.39. The zero-order valence-corrected chi connectivity index (χ0v) is 11.5. The highest BCUT2D eigenvalue weighted by molar-refractivity contribution is 7.99. The van der Waals surface area contributed by atoms with E-state index in [0.717, 1.165) is 11.4 Å². The molecule has 2 rings (SSSR count). The lowest BCUT2D eigenvalue weighted by molar-refractivity contribution is 0.196. The summed E-state index contributed by atoms with van der Waals surface area (Å²) in [6.07, 6.45) is 5.23. The Labute approximate surface area is 112 Å². The molecule has 0 amide bonds. The van der Waals surface area contributed by atoms with E-state index in [9.17, 15) is 5.11 Å². The number of hydrogen-bond acceptors (Lipinski definition) is 3. The molecule has 0 aliphatic heterocycles. The first kappa shape index (κ1) is 13.2. The summed E-state index contributed by atoms with van der Waals surface area (Å²) in [5.41, 5.74) is 2.39. The Morgan fingerprint density at radius 2 is 2.00 bits per heavy atom. The summed E-state index contributed by atoms with van der Waals surface area (Å²) in [5.74, 6) is 0.927. The van der Waals surface area contributed by atoms with Gasteiger partial charge in [0.15, 0.2) is 0 Å². The van der Waals surface area contributed by atoms with Crippen LogP contribution >= 0.6 is 11.8 Å². The van der Waals surface area contributed by atoms with E-state index in [2.05, 4.69) is 36.2 Å². The van der Waals surface area contributed by atoms with E-state index >= 15 is 0 Å². The second kappa shape index (κ2) is 6.07. The first-order chi connectivity index (χ1) is 8.66. The SMILES string of the molecule is CC(O)C(C)SCc1ccc(-n2ccnc2)cc1. The molecule has 0 fully saturated rings. The first-order valence-corrected chi connectivity index (χ1v) is 7.08. The van der Waals surface area contributed by atoms with Crippen LogP contribution in [-0.2, 0) is 5.75 Å². The van der Waals surface area contributed by atoms with Crippen molar-refractivity contribution in [3.63, 3.8) is 0 Å². The Morgan fingerprint density at radius 1 is 1.28 bits per heavy atom. The summed E-state index contributed by atoms with van der Waals surface area (Å²) in [6, 6.07) is 8.42. The molecule has 96 valence electrons. The zero-order chi connectivity index (χ0) is 13.0. The quantitative estimate of drug-likeness (QED) is 0.900. The number of aliphatic hydroxyl groups is 1. The van der Waals surface area contributed by atoms with Crippen LogP contribution in [0.5, 0.6) is 0 Å². The molecule has 0 radical (unpaired) electrons. The molecule has 1 aromatic carbocycles. The van der Waals surface area contributed by atoms with Gasteiger partial charge in [0.1, 0.15) is 0 Å². The molecule has 2 aromatic rings. The van der Waals surface area contributed by atoms with Gasteiger partial charge in [-0.05, 0) is 24.6 Å². The van der Waals surface area contributed by atoms with Gasteiger partial charge in [-0.3, -0.25) is 0 Å². The van der Waals surface area contributed by atoms with Crippen LogP contribution in [-0.4, -0.2) is 26.0 Å². The molecule has 0 spiro atoms. The van der Waals surface area contributed by atoms with Crippen LogP contribution in [0, 0.1) is 0 Å². The Morgan fingerprint density at radius 3 is 2.56 bits per heavy atom. The van der Waals surface area contributed by atoms with E-state index in [1.165, 1.54) is 5.56 Å². The van der Waals surface area contributed by atoms with Gasteiger partial charge in [0.25, 0.3) is 0 Å². The summed E-state index contributed by atoms with van der Waals surface area (Å²) in [5, 5.41) is 9.70. The van der Waals surface area contributed by atoms with Gasteiger partial charge in [-0.15, -0.1) is 0 Å². The summed E-state index contributed by atoms with van der Waals surface area (Å²) in [6.45, 7) is 3.88. The highest BCUT2D eigenvalue weighted by atomic mass is 32.2. The Kier molecular flexibility index (Phi) is 4.44. The summed E-state index contributed by atoms with van der Waals surface area (Å²) in [4.78, 5) is 4.03. The molecule has 18 heavy (non-hydrogen) atoms. The number of benzene rings is 1. The highest BCUT2D eigenvalue weighted by Crippen LogP contribution is 2.20. The molecule has 3 nitrogen and oxygen atoms in total. The van der Waals surface area contributed by atoms with Crippen molar-refractivity contribution in [3.8, 4) is 5.69 Å². The molecular formula is C14H18N2OS. The maximum absolute atomic E-state index is 9.44. The number of rotatable bonds is 5. The summed E-state index contributed by atoms with van der Waals surface area (Å²) in [7, 11) is 0. The molecule has 0 aliphatic rings. The lowest BCUT2D eigenvalue weighted by Crippen LogP contribution is -2.15. The number of nitrogens with zero attached hydrogens (tertiary/aromatic N) is 2. The van der Waals surface area contributed by atoms with Crippen molar-refractivity contribution < 1.29 is 5.11 Å². The molecule has 2 atom stereocenters.